The van der Waals surface area contributed by atoms with E-state index in [0.29, 0.717) is 0 Å². The summed E-state index contributed by atoms with van der Waals surface area (Å²) in [5.41, 5.74) is 11.4. The minimum absolute atomic E-state index is 0. The maximum Gasteiger partial charge on any atom is 0.254 e. The van der Waals surface area contributed by atoms with Gasteiger partial charge < -0.3 is 12.4 Å². The molecular formula is C27H37ClN2. The fraction of sp³-hybridized carbons (Fsp3) is 0.444. The third-order valence-corrected chi connectivity index (χ3v) is 6.15. The van der Waals surface area contributed by atoms with Crippen LogP contribution in [0.4, 0.5) is 0 Å². The summed E-state index contributed by atoms with van der Waals surface area (Å²) in [4.78, 5) is 0. The van der Waals surface area contributed by atoms with Crippen molar-refractivity contribution in [1.82, 2.24) is 4.57 Å². The fourth-order valence-corrected chi connectivity index (χ4v) is 4.43. The number of benzene rings is 2. The SMILES string of the molecule is CCc1cc(CC)c(-n2cc[n+](-c3c(CC)cc(CC)cc3CC)c2)c(CC)c1.[Cl-]. The van der Waals surface area contributed by atoms with Crippen molar-refractivity contribution in [1.29, 1.82) is 0 Å². The molecule has 0 aliphatic heterocycles. The Kier molecular flexibility index (Phi) is 8.73. The van der Waals surface area contributed by atoms with E-state index < -0.39 is 0 Å². The highest BCUT2D eigenvalue weighted by Crippen LogP contribution is 2.25. The summed E-state index contributed by atoms with van der Waals surface area (Å²) in [5.74, 6) is 0. The Labute approximate surface area is 189 Å². The molecule has 0 spiro atoms. The Morgan fingerprint density at radius 1 is 0.633 bits per heavy atom. The molecule has 3 heteroatoms. The molecule has 162 valence electrons. The second-order valence-electron chi connectivity index (χ2n) is 7.87. The number of rotatable bonds is 8. The van der Waals surface area contributed by atoms with E-state index in [-0.39, 0.29) is 12.4 Å². The average molecular weight is 425 g/mol. The number of nitrogens with zero attached hydrogens (tertiary/aromatic N) is 2. The second kappa shape index (κ2) is 10.8. The van der Waals surface area contributed by atoms with Gasteiger partial charge in [-0.25, -0.2) is 9.13 Å². The van der Waals surface area contributed by atoms with Gasteiger partial charge >= 0.3 is 0 Å². The summed E-state index contributed by atoms with van der Waals surface area (Å²) >= 11 is 0. The van der Waals surface area contributed by atoms with Gasteiger partial charge in [0.15, 0.2) is 0 Å². The molecule has 0 N–H and O–H groups in total. The average Bonchev–Trinajstić information content (AvgIpc) is 3.25. The number of aromatic nitrogens is 2. The Bertz CT molecular complexity index is 856. The smallest absolute Gasteiger partial charge is 0.254 e. The molecule has 30 heavy (non-hydrogen) atoms. The first kappa shape index (κ1) is 24.2. The zero-order valence-corrected chi connectivity index (χ0v) is 20.3. The van der Waals surface area contributed by atoms with Crippen LogP contribution in [-0.2, 0) is 38.5 Å². The second-order valence-corrected chi connectivity index (χ2v) is 7.87. The van der Waals surface area contributed by atoms with Crippen LogP contribution in [0.5, 0.6) is 0 Å². The first-order valence-corrected chi connectivity index (χ1v) is 11.5. The standard InChI is InChI=1S/C27H37N2.ClH/c1-7-20-15-22(9-3)26(23(10-4)16-20)28-13-14-29(19-28)27-24(11-5)17-21(8-2)18-25(27)12-6;/h13-19H,7-12H2,1-6H3;1H/q+1;/p-1. The maximum atomic E-state index is 2.39. The molecular weight excluding hydrogens is 388 g/mol. The van der Waals surface area contributed by atoms with Crippen molar-refractivity contribution in [2.45, 2.75) is 80.1 Å². The minimum atomic E-state index is 0. The molecule has 0 unspecified atom stereocenters. The van der Waals surface area contributed by atoms with E-state index in [0.717, 1.165) is 38.5 Å². The third-order valence-electron chi connectivity index (χ3n) is 6.15. The predicted molar refractivity (Wildman–Crippen MR) is 124 cm³/mol. The molecule has 0 atom stereocenters. The van der Waals surface area contributed by atoms with Gasteiger partial charge in [0.05, 0.1) is 0 Å². The third kappa shape index (κ3) is 4.64. The van der Waals surface area contributed by atoms with Crippen molar-refractivity contribution in [3.05, 3.63) is 76.4 Å². The van der Waals surface area contributed by atoms with Gasteiger partial charge in [0.2, 0.25) is 0 Å². The Hall–Kier alpha value is -2.06. The molecule has 0 amide bonds. The van der Waals surface area contributed by atoms with Gasteiger partial charge in [0.25, 0.3) is 6.33 Å². The molecule has 3 aromatic rings. The lowest BCUT2D eigenvalue weighted by atomic mass is 9.97. The lowest BCUT2D eigenvalue weighted by molar-refractivity contribution is -0.595. The van der Waals surface area contributed by atoms with Crippen LogP contribution in [0.15, 0.2) is 43.0 Å². The van der Waals surface area contributed by atoms with Crippen molar-refractivity contribution in [2.24, 2.45) is 0 Å². The summed E-state index contributed by atoms with van der Waals surface area (Å²) in [6, 6.07) is 9.57. The van der Waals surface area contributed by atoms with Crippen molar-refractivity contribution in [2.75, 3.05) is 0 Å². The van der Waals surface area contributed by atoms with E-state index in [4.69, 9.17) is 0 Å². The molecule has 0 radical (unpaired) electrons. The Balaban J connectivity index is 0.00000320. The number of hydrogen-bond donors (Lipinski definition) is 0. The van der Waals surface area contributed by atoms with Crippen LogP contribution in [0.2, 0.25) is 0 Å². The van der Waals surface area contributed by atoms with Crippen LogP contribution in [-0.4, -0.2) is 4.57 Å². The van der Waals surface area contributed by atoms with Crippen molar-refractivity contribution < 1.29 is 17.0 Å². The molecule has 0 saturated carbocycles. The van der Waals surface area contributed by atoms with E-state index in [9.17, 15) is 0 Å². The molecule has 3 rings (SSSR count). The zero-order valence-electron chi connectivity index (χ0n) is 19.6. The summed E-state index contributed by atoms with van der Waals surface area (Å²) < 4.78 is 4.67. The predicted octanol–water partition coefficient (Wildman–Crippen LogP) is 3.13. The highest BCUT2D eigenvalue weighted by atomic mass is 35.5. The van der Waals surface area contributed by atoms with Gasteiger partial charge in [0, 0.05) is 0 Å². The molecule has 0 bridgehead atoms. The van der Waals surface area contributed by atoms with Gasteiger partial charge in [-0.05, 0) is 71.9 Å². The number of aryl methyl sites for hydroxylation is 6. The topological polar surface area (TPSA) is 8.81 Å². The van der Waals surface area contributed by atoms with Gasteiger partial charge in [0.1, 0.15) is 23.8 Å². The monoisotopic (exact) mass is 424 g/mol. The first-order valence-electron chi connectivity index (χ1n) is 11.5. The fourth-order valence-electron chi connectivity index (χ4n) is 4.43. The van der Waals surface area contributed by atoms with E-state index in [1.807, 2.05) is 0 Å². The minimum Gasteiger partial charge on any atom is -1.00 e. The van der Waals surface area contributed by atoms with Crippen molar-refractivity contribution in [3.8, 4) is 11.4 Å². The highest BCUT2D eigenvalue weighted by Gasteiger charge is 2.20. The van der Waals surface area contributed by atoms with Gasteiger partial charge in [-0.1, -0.05) is 65.8 Å². The normalized spacial score (nSPS) is 10.9. The van der Waals surface area contributed by atoms with Crippen molar-refractivity contribution >= 4 is 0 Å². The summed E-state index contributed by atoms with van der Waals surface area (Å²) in [7, 11) is 0. The first-order chi connectivity index (χ1) is 14.1. The molecule has 2 aromatic carbocycles. The molecule has 0 saturated heterocycles. The molecule has 0 aliphatic rings. The lowest BCUT2D eigenvalue weighted by Crippen LogP contribution is -3.00. The molecule has 1 aromatic heterocycles. The Morgan fingerprint density at radius 2 is 1.07 bits per heavy atom. The highest BCUT2D eigenvalue weighted by molar-refractivity contribution is 5.51. The van der Waals surface area contributed by atoms with Gasteiger partial charge in [-0.2, -0.15) is 0 Å². The quantitative estimate of drug-likeness (QED) is 0.491. The largest absolute Gasteiger partial charge is 1.00 e. The lowest BCUT2D eigenvalue weighted by Gasteiger charge is -2.13. The van der Waals surface area contributed by atoms with Crippen LogP contribution in [0, 0.1) is 0 Å². The summed E-state index contributed by atoms with van der Waals surface area (Å²) in [6.07, 6.45) is 13.1. The van der Waals surface area contributed by atoms with E-state index in [2.05, 4.69) is 93.7 Å². The maximum absolute atomic E-state index is 2.39. The molecule has 2 nitrogen and oxygen atoms in total. The van der Waals surface area contributed by atoms with E-state index in [1.165, 1.54) is 44.8 Å². The summed E-state index contributed by atoms with van der Waals surface area (Å²) in [6.45, 7) is 13.6. The molecule has 1 heterocycles. The van der Waals surface area contributed by atoms with Gasteiger partial charge in [-0.15, -0.1) is 0 Å². The van der Waals surface area contributed by atoms with Crippen LogP contribution >= 0.6 is 0 Å². The number of halogens is 1. The van der Waals surface area contributed by atoms with Crippen molar-refractivity contribution in [3.63, 3.8) is 0 Å². The molecule has 0 fully saturated rings. The number of imidazole rings is 1. The van der Waals surface area contributed by atoms with Crippen LogP contribution in [0.3, 0.4) is 0 Å². The van der Waals surface area contributed by atoms with Crippen LogP contribution in [0.1, 0.15) is 74.9 Å². The summed E-state index contributed by atoms with van der Waals surface area (Å²) in [5, 5.41) is 0. The van der Waals surface area contributed by atoms with Crippen LogP contribution in [0.25, 0.3) is 11.4 Å². The number of hydrogen-bond acceptors (Lipinski definition) is 0. The van der Waals surface area contributed by atoms with Crippen LogP contribution < -0.4 is 17.0 Å². The zero-order chi connectivity index (χ0) is 21.0. The van der Waals surface area contributed by atoms with E-state index >= 15 is 0 Å². The van der Waals surface area contributed by atoms with Gasteiger partial charge in [-0.3, -0.25) is 0 Å². The molecule has 0 aliphatic carbocycles. The Morgan fingerprint density at radius 3 is 1.47 bits per heavy atom. The van der Waals surface area contributed by atoms with E-state index in [1.54, 1.807) is 0 Å².